The Morgan fingerprint density at radius 2 is 1.76 bits per heavy atom. The number of hydrogen-bond donors (Lipinski definition) is 2. The molecule has 0 radical (unpaired) electrons. The third kappa shape index (κ3) is 6.68. The van der Waals surface area contributed by atoms with Crippen LogP contribution >= 0.6 is 11.6 Å². The molecule has 0 fully saturated rings. The number of carbonyl (C=O) groups excluding carboxylic acids is 2. The monoisotopic (exact) mass is 418 g/mol. The van der Waals surface area contributed by atoms with Crippen molar-refractivity contribution in [3.05, 3.63) is 47.5 Å². The fourth-order valence-corrected chi connectivity index (χ4v) is 2.67. The fraction of sp³-hybridized carbons (Fsp3) is 0.364. The maximum absolute atomic E-state index is 12.7. The van der Waals surface area contributed by atoms with Gasteiger partial charge in [-0.2, -0.15) is 0 Å². The molecule has 0 aliphatic rings. The molecule has 2 N–H and O–H groups in total. The molecule has 0 unspecified atom stereocenters. The summed E-state index contributed by atoms with van der Waals surface area (Å²) in [7, 11) is 1.51. The van der Waals surface area contributed by atoms with Crippen LogP contribution in [0.3, 0.4) is 0 Å². The predicted octanol–water partition coefficient (Wildman–Crippen LogP) is 5.27. The van der Waals surface area contributed by atoms with Gasteiger partial charge in [-0.15, -0.1) is 0 Å². The number of unbranched alkanes of at least 4 members (excludes halogenated alkanes) is 1. The van der Waals surface area contributed by atoms with Gasteiger partial charge in [0.2, 0.25) is 5.91 Å². The number of anilines is 2. The van der Waals surface area contributed by atoms with Gasteiger partial charge in [0.1, 0.15) is 11.5 Å². The molecule has 156 valence electrons. The minimum Gasteiger partial charge on any atom is -0.494 e. The van der Waals surface area contributed by atoms with Gasteiger partial charge in [0.15, 0.2) is 5.60 Å². The van der Waals surface area contributed by atoms with Gasteiger partial charge in [-0.05, 0) is 56.7 Å². The molecule has 0 bridgehead atoms. The summed E-state index contributed by atoms with van der Waals surface area (Å²) in [5, 5.41) is 6.24. The molecule has 0 atom stereocenters. The van der Waals surface area contributed by atoms with Crippen LogP contribution in [0, 0.1) is 0 Å². The number of carbonyl (C=O) groups is 2. The molecule has 0 heterocycles. The zero-order valence-electron chi connectivity index (χ0n) is 17.2. The van der Waals surface area contributed by atoms with Crippen LogP contribution in [0.5, 0.6) is 11.5 Å². The van der Waals surface area contributed by atoms with E-state index in [1.165, 1.54) is 7.11 Å². The Kier molecular flexibility index (Phi) is 7.91. The molecule has 0 aliphatic heterocycles. The average molecular weight is 419 g/mol. The highest BCUT2D eigenvalue weighted by Crippen LogP contribution is 2.29. The van der Waals surface area contributed by atoms with Gasteiger partial charge >= 0.3 is 0 Å². The van der Waals surface area contributed by atoms with Crippen LogP contribution in [0.2, 0.25) is 5.02 Å². The van der Waals surface area contributed by atoms with Crippen molar-refractivity contribution in [1.29, 1.82) is 0 Å². The van der Waals surface area contributed by atoms with Crippen LogP contribution in [-0.2, 0) is 9.59 Å². The van der Waals surface area contributed by atoms with Crippen molar-refractivity contribution in [2.75, 3.05) is 17.7 Å². The van der Waals surface area contributed by atoms with Crippen molar-refractivity contribution < 1.29 is 19.1 Å². The minimum absolute atomic E-state index is 0.0700. The van der Waals surface area contributed by atoms with E-state index in [2.05, 4.69) is 10.6 Å². The highest BCUT2D eigenvalue weighted by molar-refractivity contribution is 6.30. The van der Waals surface area contributed by atoms with E-state index in [-0.39, 0.29) is 11.8 Å². The van der Waals surface area contributed by atoms with Crippen molar-refractivity contribution in [2.45, 2.75) is 45.6 Å². The largest absolute Gasteiger partial charge is 0.494 e. The molecular formula is C22H27ClN2O4. The number of rotatable bonds is 9. The van der Waals surface area contributed by atoms with E-state index in [9.17, 15) is 9.59 Å². The molecule has 0 aromatic heterocycles. The lowest BCUT2D eigenvalue weighted by atomic mass is 10.1. The molecule has 0 spiro atoms. The Balaban J connectivity index is 2.06. The molecule has 0 saturated heterocycles. The van der Waals surface area contributed by atoms with E-state index in [0.717, 1.165) is 12.8 Å². The van der Waals surface area contributed by atoms with Crippen molar-refractivity contribution >= 4 is 34.8 Å². The Morgan fingerprint density at radius 3 is 2.38 bits per heavy atom. The molecule has 0 saturated carbocycles. The lowest BCUT2D eigenvalue weighted by Crippen LogP contribution is -2.42. The zero-order chi connectivity index (χ0) is 21.4. The van der Waals surface area contributed by atoms with Crippen molar-refractivity contribution in [3.8, 4) is 11.5 Å². The quantitative estimate of drug-likeness (QED) is 0.581. The zero-order valence-corrected chi connectivity index (χ0v) is 17.9. The second-order valence-electron chi connectivity index (χ2n) is 7.09. The van der Waals surface area contributed by atoms with Gasteiger partial charge in [-0.3, -0.25) is 9.59 Å². The summed E-state index contributed by atoms with van der Waals surface area (Å²) in [6.07, 6.45) is 2.22. The Hall–Kier alpha value is -2.73. The first kappa shape index (κ1) is 22.6. The number of ether oxygens (including phenoxy) is 2. The molecule has 2 amide bonds. The predicted molar refractivity (Wildman–Crippen MR) is 116 cm³/mol. The lowest BCUT2D eigenvalue weighted by molar-refractivity contribution is -0.128. The number of nitrogens with one attached hydrogen (secondary N) is 2. The van der Waals surface area contributed by atoms with E-state index >= 15 is 0 Å². The van der Waals surface area contributed by atoms with Crippen LogP contribution in [-0.4, -0.2) is 24.5 Å². The molecule has 2 aromatic rings. The molecule has 7 heteroatoms. The summed E-state index contributed by atoms with van der Waals surface area (Å²) in [5.41, 5.74) is -0.0249. The second-order valence-corrected chi connectivity index (χ2v) is 7.52. The molecule has 0 aliphatic carbocycles. The molecule has 6 nitrogen and oxygen atoms in total. The number of halogens is 1. The van der Waals surface area contributed by atoms with Crippen LogP contribution in [0.25, 0.3) is 0 Å². The number of amides is 2. The van der Waals surface area contributed by atoms with E-state index in [4.69, 9.17) is 21.1 Å². The Morgan fingerprint density at radius 1 is 1.07 bits per heavy atom. The third-order valence-corrected chi connectivity index (χ3v) is 4.48. The lowest BCUT2D eigenvalue weighted by Gasteiger charge is -2.25. The number of methoxy groups -OCH3 is 1. The van der Waals surface area contributed by atoms with E-state index in [0.29, 0.717) is 34.3 Å². The van der Waals surface area contributed by atoms with Gasteiger partial charge in [0.25, 0.3) is 5.91 Å². The van der Waals surface area contributed by atoms with Gasteiger partial charge in [0.05, 0.1) is 12.8 Å². The van der Waals surface area contributed by atoms with Crippen molar-refractivity contribution in [1.82, 2.24) is 0 Å². The summed E-state index contributed by atoms with van der Waals surface area (Å²) in [4.78, 5) is 24.7. The first-order chi connectivity index (χ1) is 13.7. The highest BCUT2D eigenvalue weighted by atomic mass is 35.5. The van der Waals surface area contributed by atoms with E-state index < -0.39 is 5.60 Å². The first-order valence-electron chi connectivity index (χ1n) is 9.49. The van der Waals surface area contributed by atoms with Gasteiger partial charge in [-0.1, -0.05) is 24.9 Å². The number of hydrogen-bond acceptors (Lipinski definition) is 4. The molecule has 2 aromatic carbocycles. The molecular weight excluding hydrogens is 392 g/mol. The topological polar surface area (TPSA) is 76.7 Å². The van der Waals surface area contributed by atoms with Gasteiger partial charge in [-0.25, -0.2) is 0 Å². The summed E-state index contributed by atoms with van der Waals surface area (Å²) < 4.78 is 11.2. The second kappa shape index (κ2) is 10.2. The minimum atomic E-state index is -1.12. The van der Waals surface area contributed by atoms with Crippen LogP contribution < -0.4 is 20.1 Å². The molecule has 2 rings (SSSR count). The van der Waals surface area contributed by atoms with Crippen molar-refractivity contribution in [2.24, 2.45) is 0 Å². The standard InChI is InChI=1S/C22H27ClN2O4/c1-5-6-7-20(26)25-18-13-10-16(14-19(18)28-4)24-21(27)22(2,3)29-17-11-8-15(23)9-12-17/h8-14H,5-7H2,1-4H3,(H,24,27)(H,25,26). The smallest absolute Gasteiger partial charge is 0.267 e. The maximum Gasteiger partial charge on any atom is 0.267 e. The summed E-state index contributed by atoms with van der Waals surface area (Å²) in [5.74, 6) is 0.606. The summed E-state index contributed by atoms with van der Waals surface area (Å²) in [6.45, 7) is 5.39. The highest BCUT2D eigenvalue weighted by Gasteiger charge is 2.30. The Labute approximate surface area is 176 Å². The SMILES string of the molecule is CCCCC(=O)Nc1ccc(NC(=O)C(C)(C)Oc2ccc(Cl)cc2)cc1OC. The van der Waals surface area contributed by atoms with Gasteiger partial charge < -0.3 is 20.1 Å². The van der Waals surface area contributed by atoms with Crippen molar-refractivity contribution in [3.63, 3.8) is 0 Å². The van der Waals surface area contributed by atoms with Crippen LogP contribution in [0.1, 0.15) is 40.0 Å². The summed E-state index contributed by atoms with van der Waals surface area (Å²) >= 11 is 5.88. The normalized spacial score (nSPS) is 10.9. The van der Waals surface area contributed by atoms with Gasteiger partial charge in [0, 0.05) is 23.2 Å². The van der Waals surface area contributed by atoms with Crippen LogP contribution in [0.15, 0.2) is 42.5 Å². The maximum atomic E-state index is 12.7. The molecule has 29 heavy (non-hydrogen) atoms. The fourth-order valence-electron chi connectivity index (χ4n) is 2.55. The number of benzene rings is 2. The van der Waals surface area contributed by atoms with E-state index in [1.54, 1.807) is 56.3 Å². The van der Waals surface area contributed by atoms with Crippen LogP contribution in [0.4, 0.5) is 11.4 Å². The summed E-state index contributed by atoms with van der Waals surface area (Å²) in [6, 6.07) is 11.9. The first-order valence-corrected chi connectivity index (χ1v) is 9.87. The van der Waals surface area contributed by atoms with E-state index in [1.807, 2.05) is 6.92 Å². The Bertz CT molecular complexity index is 850. The third-order valence-electron chi connectivity index (χ3n) is 4.22. The average Bonchev–Trinajstić information content (AvgIpc) is 2.69.